The molecule has 0 bridgehead atoms. The van der Waals surface area contributed by atoms with Gasteiger partial charge in [-0.3, -0.25) is 4.31 Å². The molecule has 0 saturated carbocycles. The largest absolute Gasteiger partial charge is 0.358 e. The molecule has 0 radical (unpaired) electrons. The lowest BCUT2D eigenvalue weighted by atomic mass is 10.2. The van der Waals surface area contributed by atoms with Crippen LogP contribution in [-0.2, 0) is 10.0 Å². The third kappa shape index (κ3) is 4.58. The fourth-order valence-electron chi connectivity index (χ4n) is 1.88. The average molecular weight is 260 g/mol. The molecule has 1 aliphatic heterocycles. The van der Waals surface area contributed by atoms with Crippen molar-refractivity contribution in [3.63, 3.8) is 0 Å². The van der Waals surface area contributed by atoms with E-state index in [9.17, 15) is 8.42 Å². The molecule has 0 aliphatic carbocycles. The van der Waals surface area contributed by atoms with Gasteiger partial charge in [0, 0.05) is 18.9 Å². The Bertz CT molecular complexity index is 338. The summed E-state index contributed by atoms with van der Waals surface area (Å²) in [4.78, 5) is 2.07. The lowest BCUT2D eigenvalue weighted by Gasteiger charge is -2.20. The van der Waals surface area contributed by atoms with Gasteiger partial charge >= 0.3 is 0 Å². The number of rotatable bonds is 8. The summed E-state index contributed by atoms with van der Waals surface area (Å²) in [7, 11) is -3.07. The lowest BCUT2D eigenvalue weighted by molar-refractivity contribution is 0.325. The highest BCUT2D eigenvalue weighted by molar-refractivity contribution is 7.89. The summed E-state index contributed by atoms with van der Waals surface area (Å²) in [5.74, 6) is 0.237. The molecular formula is C12H24N2O2S. The minimum Gasteiger partial charge on any atom is -0.358 e. The van der Waals surface area contributed by atoms with Gasteiger partial charge in [0.1, 0.15) is 6.67 Å². The lowest BCUT2D eigenvalue weighted by Crippen LogP contribution is -2.32. The molecule has 0 atom stereocenters. The van der Waals surface area contributed by atoms with Crippen LogP contribution in [0.1, 0.15) is 46.0 Å². The molecule has 0 aromatic heterocycles. The van der Waals surface area contributed by atoms with Gasteiger partial charge in [-0.25, -0.2) is 8.42 Å². The van der Waals surface area contributed by atoms with E-state index in [1.807, 2.05) is 13.1 Å². The number of sulfonamides is 1. The van der Waals surface area contributed by atoms with E-state index in [0.29, 0.717) is 13.1 Å². The van der Waals surface area contributed by atoms with E-state index in [2.05, 4.69) is 11.8 Å². The highest BCUT2D eigenvalue weighted by Crippen LogP contribution is 2.14. The van der Waals surface area contributed by atoms with Crippen LogP contribution in [0.15, 0.2) is 12.4 Å². The Kier molecular flexibility index (Phi) is 5.82. The molecule has 1 aliphatic rings. The van der Waals surface area contributed by atoms with Crippen molar-refractivity contribution in [1.82, 2.24) is 9.21 Å². The highest BCUT2D eigenvalue weighted by Gasteiger charge is 2.22. The zero-order valence-electron chi connectivity index (χ0n) is 10.9. The van der Waals surface area contributed by atoms with E-state index in [0.717, 1.165) is 13.0 Å². The van der Waals surface area contributed by atoms with Crippen molar-refractivity contribution >= 4 is 10.0 Å². The maximum atomic E-state index is 11.8. The Balaban J connectivity index is 2.31. The summed E-state index contributed by atoms with van der Waals surface area (Å²) in [5, 5.41) is 0. The molecule has 0 saturated heterocycles. The molecule has 0 amide bonds. The molecule has 100 valence electrons. The molecule has 0 N–H and O–H groups in total. The molecule has 0 unspecified atom stereocenters. The van der Waals surface area contributed by atoms with E-state index >= 15 is 0 Å². The summed E-state index contributed by atoms with van der Waals surface area (Å²) in [6, 6.07) is 0. The van der Waals surface area contributed by atoms with Crippen LogP contribution in [-0.4, -0.2) is 36.6 Å². The van der Waals surface area contributed by atoms with Gasteiger partial charge in [-0.15, -0.1) is 0 Å². The van der Waals surface area contributed by atoms with E-state index in [-0.39, 0.29) is 5.75 Å². The van der Waals surface area contributed by atoms with E-state index in [1.165, 1.54) is 23.6 Å². The van der Waals surface area contributed by atoms with Gasteiger partial charge in [0.2, 0.25) is 10.0 Å². The third-order valence-electron chi connectivity index (χ3n) is 2.88. The first-order chi connectivity index (χ1) is 8.10. The van der Waals surface area contributed by atoms with Gasteiger partial charge in [0.25, 0.3) is 0 Å². The second kappa shape index (κ2) is 6.89. The minimum absolute atomic E-state index is 0.237. The van der Waals surface area contributed by atoms with Crippen molar-refractivity contribution in [3.05, 3.63) is 12.4 Å². The number of nitrogens with zero attached hydrogens (tertiary/aromatic N) is 2. The Morgan fingerprint density at radius 3 is 2.47 bits per heavy atom. The molecule has 5 heteroatoms. The van der Waals surface area contributed by atoms with Crippen LogP contribution in [0, 0.1) is 0 Å². The summed E-state index contributed by atoms with van der Waals surface area (Å²) in [5.41, 5.74) is 0. The molecule has 17 heavy (non-hydrogen) atoms. The molecule has 1 heterocycles. The molecule has 0 fully saturated rings. The minimum atomic E-state index is -3.07. The zero-order valence-corrected chi connectivity index (χ0v) is 11.7. The van der Waals surface area contributed by atoms with Crippen molar-refractivity contribution in [2.24, 2.45) is 0 Å². The molecule has 0 spiro atoms. The van der Waals surface area contributed by atoms with Gasteiger partial charge < -0.3 is 4.90 Å². The van der Waals surface area contributed by atoms with Crippen LogP contribution < -0.4 is 0 Å². The normalized spacial score (nSPS) is 15.9. The van der Waals surface area contributed by atoms with Crippen molar-refractivity contribution in [1.29, 1.82) is 0 Å². The van der Waals surface area contributed by atoms with Crippen LogP contribution in [0.3, 0.4) is 0 Å². The van der Waals surface area contributed by atoms with Crippen LogP contribution in [0.4, 0.5) is 0 Å². The smallest absolute Gasteiger partial charge is 0.236 e. The number of hydrogen-bond donors (Lipinski definition) is 0. The molecule has 0 aromatic rings. The molecule has 4 nitrogen and oxygen atoms in total. The van der Waals surface area contributed by atoms with Crippen molar-refractivity contribution in [2.75, 3.05) is 19.0 Å². The van der Waals surface area contributed by atoms with Crippen LogP contribution in [0.2, 0.25) is 0 Å². The fraction of sp³-hybridized carbons (Fsp3) is 0.833. The second-order valence-electron chi connectivity index (χ2n) is 4.52. The Morgan fingerprint density at radius 2 is 1.82 bits per heavy atom. The molecule has 0 aromatic carbocycles. The molecule has 1 rings (SSSR count). The van der Waals surface area contributed by atoms with Gasteiger partial charge in [0.05, 0.1) is 5.75 Å². The monoisotopic (exact) mass is 260 g/mol. The van der Waals surface area contributed by atoms with Crippen molar-refractivity contribution in [2.45, 2.75) is 46.0 Å². The first-order valence-corrected chi connectivity index (χ1v) is 8.13. The average Bonchev–Trinajstić information content (AvgIpc) is 2.74. The number of hydrogen-bond acceptors (Lipinski definition) is 3. The SMILES string of the molecule is CCCCCCN1C=CN(S(=O)(=O)CCC)C1. The Labute approximate surface area is 105 Å². The van der Waals surface area contributed by atoms with Gasteiger partial charge in [-0.2, -0.15) is 0 Å². The highest BCUT2D eigenvalue weighted by atomic mass is 32.2. The molecular weight excluding hydrogens is 236 g/mol. The fourth-order valence-corrected chi connectivity index (χ4v) is 3.20. The predicted molar refractivity (Wildman–Crippen MR) is 70.8 cm³/mol. The van der Waals surface area contributed by atoms with Gasteiger partial charge in [-0.1, -0.05) is 33.1 Å². The summed E-state index contributed by atoms with van der Waals surface area (Å²) >= 11 is 0. The predicted octanol–water partition coefficient (Wildman–Crippen LogP) is 2.35. The maximum absolute atomic E-state index is 11.8. The summed E-state index contributed by atoms with van der Waals surface area (Å²) in [6.07, 6.45) is 9.10. The summed E-state index contributed by atoms with van der Waals surface area (Å²) in [6.45, 7) is 5.53. The van der Waals surface area contributed by atoms with E-state index in [1.54, 1.807) is 6.20 Å². The van der Waals surface area contributed by atoms with Crippen LogP contribution in [0.25, 0.3) is 0 Å². The summed E-state index contributed by atoms with van der Waals surface area (Å²) < 4.78 is 25.1. The van der Waals surface area contributed by atoms with Crippen molar-refractivity contribution in [3.8, 4) is 0 Å². The van der Waals surface area contributed by atoms with Gasteiger partial charge in [-0.05, 0) is 12.8 Å². The van der Waals surface area contributed by atoms with Gasteiger partial charge in [0.15, 0.2) is 0 Å². The van der Waals surface area contributed by atoms with Crippen LogP contribution >= 0.6 is 0 Å². The Hall–Kier alpha value is -0.710. The number of unbranched alkanes of at least 4 members (excludes halogenated alkanes) is 3. The van der Waals surface area contributed by atoms with E-state index in [4.69, 9.17) is 0 Å². The zero-order chi connectivity index (χ0) is 12.7. The standard InChI is InChI=1S/C12H24N2O2S/c1-3-5-6-7-8-13-9-10-14(12-13)17(15,16)11-4-2/h9-10H,3-8,11-12H2,1-2H3. The maximum Gasteiger partial charge on any atom is 0.236 e. The van der Waals surface area contributed by atoms with Crippen LogP contribution in [0.5, 0.6) is 0 Å². The Morgan fingerprint density at radius 1 is 1.06 bits per heavy atom. The quantitative estimate of drug-likeness (QED) is 0.629. The van der Waals surface area contributed by atoms with Crippen molar-refractivity contribution < 1.29 is 8.42 Å². The van der Waals surface area contributed by atoms with E-state index < -0.39 is 10.0 Å². The second-order valence-corrected chi connectivity index (χ2v) is 6.56. The third-order valence-corrected chi connectivity index (χ3v) is 4.76. The topological polar surface area (TPSA) is 40.6 Å². The first kappa shape index (κ1) is 14.4. The first-order valence-electron chi connectivity index (χ1n) is 6.52.